The summed E-state index contributed by atoms with van der Waals surface area (Å²) in [4.78, 5) is 33.1. The number of nitrogens with zero attached hydrogens (tertiary/aromatic N) is 3. The van der Waals surface area contributed by atoms with Gasteiger partial charge in [-0.3, -0.25) is 9.78 Å². The molecule has 1 aromatic rings. The van der Waals surface area contributed by atoms with Crippen LogP contribution in [0.5, 0.6) is 0 Å². The summed E-state index contributed by atoms with van der Waals surface area (Å²) in [5, 5.41) is 0. The third-order valence-corrected chi connectivity index (χ3v) is 4.10. The van der Waals surface area contributed by atoms with Gasteiger partial charge in [0.05, 0.1) is 18.1 Å². The topological polar surface area (TPSA) is 124 Å². The van der Waals surface area contributed by atoms with Crippen molar-refractivity contribution in [2.45, 2.75) is 38.2 Å². The third kappa shape index (κ3) is 5.64. The number of piperidine rings is 1. The van der Waals surface area contributed by atoms with Crippen molar-refractivity contribution in [2.24, 2.45) is 5.73 Å². The lowest BCUT2D eigenvalue weighted by Gasteiger charge is -2.30. The first-order valence-corrected chi connectivity index (χ1v) is 8.21. The number of aryl methyl sites for hydroxylation is 1. The second-order valence-corrected chi connectivity index (χ2v) is 5.94. The Hall–Kier alpha value is -2.78. The second kappa shape index (κ2) is 9.07. The van der Waals surface area contributed by atoms with E-state index in [4.69, 9.17) is 16.2 Å². The molecule has 0 saturated carbocycles. The van der Waals surface area contributed by atoms with Crippen LogP contribution in [0.4, 0.5) is 19.4 Å². The molecule has 10 heteroatoms. The molecule has 0 radical (unpaired) electrons. The van der Waals surface area contributed by atoms with E-state index in [1.807, 2.05) is 0 Å². The fourth-order valence-corrected chi connectivity index (χ4v) is 2.73. The van der Waals surface area contributed by atoms with Gasteiger partial charge in [0.25, 0.3) is 12.0 Å². The van der Waals surface area contributed by atoms with Crippen LogP contribution in [-0.2, 0) is 16.0 Å². The van der Waals surface area contributed by atoms with E-state index in [1.165, 1.54) is 17.3 Å². The molecule has 26 heavy (non-hydrogen) atoms. The largest absolute Gasteiger partial charge is 0.436 e. The summed E-state index contributed by atoms with van der Waals surface area (Å²) in [7, 11) is 0. The van der Waals surface area contributed by atoms with Gasteiger partial charge >= 0.3 is 6.09 Å². The van der Waals surface area contributed by atoms with Crippen molar-refractivity contribution in [1.82, 2.24) is 14.9 Å². The first-order chi connectivity index (χ1) is 12.4. The highest BCUT2D eigenvalue weighted by Gasteiger charge is 2.29. The van der Waals surface area contributed by atoms with Crippen LogP contribution in [0.15, 0.2) is 24.0 Å². The number of rotatable bonds is 6. The zero-order chi connectivity index (χ0) is 19.1. The van der Waals surface area contributed by atoms with Crippen molar-refractivity contribution < 1.29 is 23.1 Å². The van der Waals surface area contributed by atoms with Crippen molar-refractivity contribution in [3.8, 4) is 0 Å². The minimum atomic E-state index is -1.69. The van der Waals surface area contributed by atoms with E-state index in [2.05, 4.69) is 9.97 Å². The number of hydrogen-bond donors (Lipinski definition) is 2. The standard InChI is InChI=1S/C16H21F2N5O3/c17-14(18)10-4-6-23(7-5-10)15(24)12(26-16(20)25)3-1-2-11-8-22-13(19)9-21-11/h8-9,12H,1-7H2,(H2,19,22)(H2,20,25). The molecule has 1 aromatic heterocycles. The lowest BCUT2D eigenvalue weighted by Crippen LogP contribution is -2.45. The van der Waals surface area contributed by atoms with E-state index in [0.717, 1.165) is 0 Å². The van der Waals surface area contributed by atoms with Gasteiger partial charge < -0.3 is 21.1 Å². The van der Waals surface area contributed by atoms with Gasteiger partial charge in [0.15, 0.2) is 6.10 Å². The number of halogens is 2. The number of likely N-dealkylation sites (tertiary alicyclic amines) is 1. The smallest absolute Gasteiger partial charge is 0.405 e. The Bertz CT molecular complexity index is 667. The van der Waals surface area contributed by atoms with Gasteiger partial charge in [-0.25, -0.2) is 9.78 Å². The van der Waals surface area contributed by atoms with Crippen LogP contribution in [0, 0.1) is 0 Å². The molecule has 0 bridgehead atoms. The monoisotopic (exact) mass is 369 g/mol. The predicted octanol–water partition coefficient (Wildman–Crippen LogP) is 1.62. The van der Waals surface area contributed by atoms with Crippen molar-refractivity contribution >= 4 is 17.8 Å². The van der Waals surface area contributed by atoms with E-state index >= 15 is 0 Å². The fourth-order valence-electron chi connectivity index (χ4n) is 2.73. The Labute approximate surface area is 149 Å². The molecule has 1 aliphatic heterocycles. The molecule has 1 unspecified atom stereocenters. The van der Waals surface area contributed by atoms with Crippen LogP contribution in [-0.4, -0.2) is 46.1 Å². The number of aromatic nitrogens is 2. The molecule has 1 aliphatic rings. The zero-order valence-electron chi connectivity index (χ0n) is 14.2. The lowest BCUT2D eigenvalue weighted by molar-refractivity contribution is -0.141. The van der Waals surface area contributed by atoms with Gasteiger partial charge in [-0.15, -0.1) is 0 Å². The number of nitrogen functional groups attached to an aromatic ring is 1. The summed E-state index contributed by atoms with van der Waals surface area (Å²) in [5.41, 5.74) is 11.3. The highest BCUT2D eigenvalue weighted by Crippen LogP contribution is 2.23. The predicted molar refractivity (Wildman–Crippen MR) is 88.9 cm³/mol. The molecule has 2 rings (SSSR count). The van der Waals surface area contributed by atoms with Crippen molar-refractivity contribution in [3.63, 3.8) is 0 Å². The minimum Gasteiger partial charge on any atom is -0.436 e. The summed E-state index contributed by atoms with van der Waals surface area (Å²) >= 11 is 0. The second-order valence-electron chi connectivity index (χ2n) is 5.94. The Balaban J connectivity index is 1.91. The highest BCUT2D eigenvalue weighted by molar-refractivity contribution is 5.83. The van der Waals surface area contributed by atoms with Crippen molar-refractivity contribution in [3.05, 3.63) is 29.7 Å². The molecule has 4 N–H and O–H groups in total. The average molecular weight is 369 g/mol. The first kappa shape index (κ1) is 19.5. The number of primary amides is 1. The van der Waals surface area contributed by atoms with Gasteiger partial charge in [-0.2, -0.15) is 8.78 Å². The van der Waals surface area contributed by atoms with Crippen molar-refractivity contribution in [1.29, 1.82) is 0 Å². The number of anilines is 1. The van der Waals surface area contributed by atoms with Crippen LogP contribution < -0.4 is 11.5 Å². The quantitative estimate of drug-likeness (QED) is 0.785. The van der Waals surface area contributed by atoms with Gasteiger partial charge in [0.2, 0.25) is 0 Å². The van der Waals surface area contributed by atoms with E-state index in [9.17, 15) is 18.4 Å². The molecule has 8 nitrogen and oxygen atoms in total. The van der Waals surface area contributed by atoms with Crippen LogP contribution >= 0.6 is 0 Å². The maximum Gasteiger partial charge on any atom is 0.405 e. The molecule has 0 spiro atoms. The molecular weight excluding hydrogens is 348 g/mol. The van der Waals surface area contributed by atoms with Gasteiger partial charge in [0.1, 0.15) is 5.82 Å². The number of ether oxygens (including phenoxy) is 1. The number of hydrogen-bond acceptors (Lipinski definition) is 6. The molecule has 0 aromatic carbocycles. The van der Waals surface area contributed by atoms with Gasteiger partial charge in [-0.05, 0) is 37.7 Å². The van der Waals surface area contributed by atoms with E-state index in [0.29, 0.717) is 24.4 Å². The molecular formula is C16H21F2N5O3. The lowest BCUT2D eigenvalue weighted by atomic mass is 10.0. The van der Waals surface area contributed by atoms with E-state index in [1.54, 1.807) is 0 Å². The summed E-state index contributed by atoms with van der Waals surface area (Å²) in [6, 6.07) is 0. The van der Waals surface area contributed by atoms with Crippen LogP contribution in [0.3, 0.4) is 0 Å². The molecule has 1 fully saturated rings. The SMILES string of the molecule is NC(=O)OC(CCCc1cnc(N)cn1)C(=O)N1CCC(=C(F)F)CC1. The normalized spacial score (nSPS) is 15.5. The average Bonchev–Trinajstić information content (AvgIpc) is 2.61. The summed E-state index contributed by atoms with van der Waals surface area (Å²) in [5.74, 6) is -0.118. The maximum absolute atomic E-state index is 12.6. The maximum atomic E-state index is 12.6. The number of nitrogens with two attached hydrogens (primary N) is 2. The number of amides is 2. The molecule has 2 amide bonds. The van der Waals surface area contributed by atoms with E-state index in [-0.39, 0.29) is 37.9 Å². The Morgan fingerprint density at radius 1 is 1.23 bits per heavy atom. The van der Waals surface area contributed by atoms with Crippen LogP contribution in [0.1, 0.15) is 31.4 Å². The van der Waals surface area contributed by atoms with E-state index < -0.39 is 24.2 Å². The Kier molecular flexibility index (Phi) is 6.81. The minimum absolute atomic E-state index is 0.0587. The summed E-state index contributed by atoms with van der Waals surface area (Å²) in [6.07, 6.45) is 0.650. The third-order valence-electron chi connectivity index (χ3n) is 4.10. The van der Waals surface area contributed by atoms with Crippen molar-refractivity contribution in [2.75, 3.05) is 18.8 Å². The number of carbonyl (C=O) groups is 2. The molecule has 142 valence electrons. The highest BCUT2D eigenvalue weighted by atomic mass is 19.3. The summed E-state index contributed by atoms with van der Waals surface area (Å²) < 4.78 is 30.1. The Morgan fingerprint density at radius 3 is 2.46 bits per heavy atom. The molecule has 2 heterocycles. The molecule has 1 atom stereocenters. The molecule has 0 aliphatic carbocycles. The Morgan fingerprint density at radius 2 is 1.92 bits per heavy atom. The number of carbonyl (C=O) groups excluding carboxylic acids is 2. The molecule has 1 saturated heterocycles. The van der Waals surface area contributed by atoms with Gasteiger partial charge in [0, 0.05) is 13.1 Å². The van der Waals surface area contributed by atoms with Crippen LogP contribution in [0.25, 0.3) is 0 Å². The summed E-state index contributed by atoms with van der Waals surface area (Å²) in [6.45, 7) is 0.321. The fraction of sp³-hybridized carbons (Fsp3) is 0.500. The van der Waals surface area contributed by atoms with Crippen LogP contribution in [0.2, 0.25) is 0 Å². The van der Waals surface area contributed by atoms with Gasteiger partial charge in [-0.1, -0.05) is 0 Å². The first-order valence-electron chi connectivity index (χ1n) is 8.21. The zero-order valence-corrected chi connectivity index (χ0v) is 14.2.